The van der Waals surface area contributed by atoms with Gasteiger partial charge in [-0.25, -0.2) is 4.98 Å². The summed E-state index contributed by atoms with van der Waals surface area (Å²) in [5, 5.41) is 4.04. The lowest BCUT2D eigenvalue weighted by Crippen LogP contribution is -2.39. The van der Waals surface area contributed by atoms with Gasteiger partial charge in [-0.3, -0.25) is 4.90 Å². The van der Waals surface area contributed by atoms with E-state index in [9.17, 15) is 0 Å². The van der Waals surface area contributed by atoms with E-state index < -0.39 is 0 Å². The van der Waals surface area contributed by atoms with Gasteiger partial charge in [-0.05, 0) is 44.1 Å². The monoisotopic (exact) mass is 310 g/mol. The number of hydrogen-bond acceptors (Lipinski definition) is 4. The van der Waals surface area contributed by atoms with Gasteiger partial charge in [0.25, 0.3) is 0 Å². The Bertz CT molecular complexity index is 452. The predicted octanol–water partition coefficient (Wildman–Crippen LogP) is 2.77. The van der Waals surface area contributed by atoms with E-state index in [0.717, 1.165) is 42.6 Å². The van der Waals surface area contributed by atoms with Crippen LogP contribution >= 0.6 is 11.6 Å². The van der Waals surface area contributed by atoms with Crippen molar-refractivity contribution in [3.8, 4) is 0 Å². The maximum Gasteiger partial charge on any atom is 0.147 e. The molecule has 0 amide bonds. The molecule has 0 saturated carbocycles. The Balaban J connectivity index is 2.00. The summed E-state index contributed by atoms with van der Waals surface area (Å²) in [7, 11) is 2.09. The van der Waals surface area contributed by atoms with Crippen molar-refractivity contribution in [3.63, 3.8) is 0 Å². The molecule has 2 rings (SSSR count). The average Bonchev–Trinajstić information content (AvgIpc) is 2.92. The van der Waals surface area contributed by atoms with Crippen LogP contribution in [0.25, 0.3) is 0 Å². The van der Waals surface area contributed by atoms with Crippen molar-refractivity contribution in [1.29, 1.82) is 0 Å². The number of nitrogens with one attached hydrogen (secondary N) is 1. The third-order valence-electron chi connectivity index (χ3n) is 4.21. The minimum atomic E-state index is 0.624. The van der Waals surface area contributed by atoms with Crippen LogP contribution in [-0.2, 0) is 6.54 Å². The Morgan fingerprint density at radius 2 is 2.29 bits per heavy atom. The van der Waals surface area contributed by atoms with Crippen molar-refractivity contribution in [2.75, 3.05) is 38.1 Å². The number of aromatic nitrogens is 1. The van der Waals surface area contributed by atoms with Crippen LogP contribution in [0.5, 0.6) is 0 Å². The fourth-order valence-corrected chi connectivity index (χ4v) is 3.37. The van der Waals surface area contributed by atoms with Crippen LogP contribution in [0.4, 0.5) is 5.82 Å². The molecule has 1 aromatic heterocycles. The zero-order chi connectivity index (χ0) is 15.2. The summed E-state index contributed by atoms with van der Waals surface area (Å²) in [6.45, 7) is 9.44. The summed E-state index contributed by atoms with van der Waals surface area (Å²) >= 11 is 6.41. The highest BCUT2D eigenvalue weighted by molar-refractivity contribution is 6.33. The van der Waals surface area contributed by atoms with Gasteiger partial charge in [0, 0.05) is 32.4 Å². The smallest absolute Gasteiger partial charge is 0.147 e. The topological polar surface area (TPSA) is 31.4 Å². The minimum absolute atomic E-state index is 0.624. The number of rotatable bonds is 7. The Hall–Kier alpha value is -0.840. The summed E-state index contributed by atoms with van der Waals surface area (Å²) in [4.78, 5) is 9.30. The highest BCUT2D eigenvalue weighted by Gasteiger charge is 2.25. The number of nitrogens with zero attached hydrogens (tertiary/aromatic N) is 3. The van der Waals surface area contributed by atoms with E-state index in [1.165, 1.54) is 19.4 Å². The van der Waals surface area contributed by atoms with E-state index in [-0.39, 0.29) is 0 Å². The zero-order valence-corrected chi connectivity index (χ0v) is 14.2. The predicted molar refractivity (Wildman–Crippen MR) is 90.2 cm³/mol. The molecule has 0 bridgehead atoms. The maximum atomic E-state index is 6.41. The summed E-state index contributed by atoms with van der Waals surface area (Å²) < 4.78 is 0. The van der Waals surface area contributed by atoms with E-state index in [1.807, 2.05) is 12.3 Å². The van der Waals surface area contributed by atoms with E-state index in [0.29, 0.717) is 6.04 Å². The molecule has 1 N–H and O–H groups in total. The van der Waals surface area contributed by atoms with Crippen LogP contribution in [0, 0.1) is 0 Å². The first-order chi connectivity index (χ1) is 10.2. The average molecular weight is 311 g/mol. The van der Waals surface area contributed by atoms with Gasteiger partial charge in [0.2, 0.25) is 0 Å². The van der Waals surface area contributed by atoms with Crippen molar-refractivity contribution < 1.29 is 0 Å². The molecule has 4 nitrogen and oxygen atoms in total. The molecular weight excluding hydrogens is 284 g/mol. The molecule has 21 heavy (non-hydrogen) atoms. The summed E-state index contributed by atoms with van der Waals surface area (Å²) in [5.41, 5.74) is 1.13. The molecule has 0 aromatic carbocycles. The van der Waals surface area contributed by atoms with Crippen molar-refractivity contribution in [1.82, 2.24) is 15.2 Å². The Labute approximate surface area is 133 Å². The standard InChI is InChI=1S/C16H27ClN4/c1-4-18-10-13-9-15(17)16(19-11-13)20(3)12-14-7-6-8-21(14)5-2/h9,11,14,18H,4-8,10,12H2,1-3H3. The highest BCUT2D eigenvalue weighted by Crippen LogP contribution is 2.25. The normalized spacial score (nSPS) is 19.1. The van der Waals surface area contributed by atoms with Gasteiger partial charge in [0.05, 0.1) is 5.02 Å². The molecular formula is C16H27ClN4. The maximum absolute atomic E-state index is 6.41. The van der Waals surface area contributed by atoms with Crippen LogP contribution in [-0.4, -0.2) is 49.2 Å². The van der Waals surface area contributed by atoms with E-state index in [2.05, 4.69) is 41.0 Å². The number of likely N-dealkylation sites (tertiary alicyclic amines) is 1. The van der Waals surface area contributed by atoms with Gasteiger partial charge in [0.1, 0.15) is 5.82 Å². The summed E-state index contributed by atoms with van der Waals surface area (Å²) in [6.07, 6.45) is 4.50. The van der Waals surface area contributed by atoms with Crippen LogP contribution < -0.4 is 10.2 Å². The lowest BCUT2D eigenvalue weighted by molar-refractivity contribution is 0.270. The third-order valence-corrected chi connectivity index (χ3v) is 4.49. The lowest BCUT2D eigenvalue weighted by Gasteiger charge is -2.28. The molecule has 1 atom stereocenters. The fourth-order valence-electron chi connectivity index (χ4n) is 3.04. The van der Waals surface area contributed by atoms with Crippen LogP contribution in [0.15, 0.2) is 12.3 Å². The SMILES string of the molecule is CCNCc1cnc(N(C)CC2CCCN2CC)c(Cl)c1. The van der Waals surface area contributed by atoms with Gasteiger partial charge in [-0.1, -0.05) is 25.4 Å². The second-order valence-electron chi connectivity index (χ2n) is 5.73. The molecule has 5 heteroatoms. The Morgan fingerprint density at radius 3 is 2.95 bits per heavy atom. The zero-order valence-electron chi connectivity index (χ0n) is 13.4. The van der Waals surface area contributed by atoms with E-state index in [4.69, 9.17) is 11.6 Å². The quantitative estimate of drug-likeness (QED) is 0.839. The molecule has 1 aliphatic rings. The molecule has 0 radical (unpaired) electrons. The fraction of sp³-hybridized carbons (Fsp3) is 0.688. The number of pyridine rings is 1. The molecule has 0 aliphatic carbocycles. The molecule has 1 aromatic rings. The molecule has 0 spiro atoms. The molecule has 1 aliphatic heterocycles. The third kappa shape index (κ3) is 4.31. The second kappa shape index (κ2) is 7.97. The lowest BCUT2D eigenvalue weighted by atomic mass is 10.2. The molecule has 1 unspecified atom stereocenters. The number of anilines is 1. The van der Waals surface area contributed by atoms with Crippen LogP contribution in [0.3, 0.4) is 0 Å². The van der Waals surface area contributed by atoms with E-state index >= 15 is 0 Å². The molecule has 1 fully saturated rings. The van der Waals surface area contributed by atoms with Gasteiger partial charge < -0.3 is 10.2 Å². The summed E-state index contributed by atoms with van der Waals surface area (Å²) in [5.74, 6) is 0.889. The van der Waals surface area contributed by atoms with Crippen molar-refractivity contribution in [2.24, 2.45) is 0 Å². The Kier molecular flexibility index (Phi) is 6.27. The second-order valence-corrected chi connectivity index (χ2v) is 6.14. The number of hydrogen-bond donors (Lipinski definition) is 1. The van der Waals surface area contributed by atoms with Gasteiger partial charge in [0.15, 0.2) is 0 Å². The van der Waals surface area contributed by atoms with Gasteiger partial charge in [-0.15, -0.1) is 0 Å². The number of halogens is 1. The molecule has 118 valence electrons. The first-order valence-electron chi connectivity index (χ1n) is 7.96. The largest absolute Gasteiger partial charge is 0.357 e. The van der Waals surface area contributed by atoms with Crippen LogP contribution in [0.1, 0.15) is 32.3 Å². The number of likely N-dealkylation sites (N-methyl/N-ethyl adjacent to an activating group) is 2. The Morgan fingerprint density at radius 1 is 1.48 bits per heavy atom. The van der Waals surface area contributed by atoms with E-state index in [1.54, 1.807) is 0 Å². The molecule has 1 saturated heterocycles. The van der Waals surface area contributed by atoms with Crippen molar-refractivity contribution >= 4 is 17.4 Å². The summed E-state index contributed by atoms with van der Waals surface area (Å²) in [6, 6.07) is 2.65. The van der Waals surface area contributed by atoms with Gasteiger partial charge >= 0.3 is 0 Å². The first kappa shape index (κ1) is 16.5. The van der Waals surface area contributed by atoms with Crippen LogP contribution in [0.2, 0.25) is 5.02 Å². The van der Waals surface area contributed by atoms with Gasteiger partial charge in [-0.2, -0.15) is 0 Å². The van der Waals surface area contributed by atoms with Crippen molar-refractivity contribution in [2.45, 2.75) is 39.3 Å². The van der Waals surface area contributed by atoms with Crippen molar-refractivity contribution in [3.05, 3.63) is 22.8 Å². The highest BCUT2D eigenvalue weighted by atomic mass is 35.5. The first-order valence-corrected chi connectivity index (χ1v) is 8.33. The minimum Gasteiger partial charge on any atom is -0.357 e. The molecule has 2 heterocycles.